The highest BCUT2D eigenvalue weighted by atomic mass is 16.6. The van der Waals surface area contributed by atoms with Crippen LogP contribution in [0.5, 0.6) is 0 Å². The molecule has 2 aromatic rings. The highest BCUT2D eigenvalue weighted by Gasteiger charge is 2.36. The van der Waals surface area contributed by atoms with E-state index < -0.39 is 0 Å². The van der Waals surface area contributed by atoms with Gasteiger partial charge in [-0.3, -0.25) is 4.68 Å². The van der Waals surface area contributed by atoms with Gasteiger partial charge in [-0.2, -0.15) is 5.10 Å². The van der Waals surface area contributed by atoms with Crippen molar-refractivity contribution in [3.8, 4) is 0 Å². The number of aliphatic imine (C=N–C) groups is 1. The molecule has 3 heterocycles. The molecule has 31 heavy (non-hydrogen) atoms. The molecule has 1 aliphatic heterocycles. The summed E-state index contributed by atoms with van der Waals surface area (Å²) < 4.78 is 12.6. The van der Waals surface area contributed by atoms with Gasteiger partial charge < -0.3 is 20.2 Å². The third kappa shape index (κ3) is 4.80. The first-order chi connectivity index (χ1) is 14.9. The Kier molecular flexibility index (Phi) is 6.38. The molecule has 10 nitrogen and oxygen atoms in total. The molecule has 2 fully saturated rings. The number of ether oxygens (including phenoxy) is 2. The normalized spacial score (nSPS) is 24.8. The quantitative estimate of drug-likeness (QED) is 0.645. The number of nitrogens with one attached hydrogen (secondary N) is 3. The van der Waals surface area contributed by atoms with Gasteiger partial charge in [-0.1, -0.05) is 0 Å². The van der Waals surface area contributed by atoms with E-state index in [9.17, 15) is 4.79 Å². The number of hydrogen-bond acceptors (Lipinski definition) is 7. The minimum Gasteiger partial charge on any atom is -0.446 e. The molecule has 0 spiro atoms. The molecule has 1 saturated carbocycles. The van der Waals surface area contributed by atoms with E-state index >= 15 is 0 Å². The average molecular weight is 430 g/mol. The van der Waals surface area contributed by atoms with Crippen molar-refractivity contribution in [1.29, 1.82) is 0 Å². The van der Waals surface area contributed by atoms with E-state index in [2.05, 4.69) is 26.3 Å². The lowest BCUT2D eigenvalue weighted by molar-refractivity contribution is 0.0956. The summed E-state index contributed by atoms with van der Waals surface area (Å²) in [6.45, 7) is 4.29. The summed E-state index contributed by atoms with van der Waals surface area (Å²) in [5, 5.41) is 8.33. The van der Waals surface area contributed by atoms with Crippen molar-refractivity contribution in [2.24, 2.45) is 18.0 Å². The van der Waals surface area contributed by atoms with E-state index in [1.807, 2.05) is 27.0 Å². The molecular formula is C21H31N7O3. The fraction of sp³-hybridized carbons (Fsp3) is 0.619. The second-order valence-corrected chi connectivity index (χ2v) is 8.57. The van der Waals surface area contributed by atoms with Crippen molar-refractivity contribution in [2.75, 3.05) is 7.11 Å². The summed E-state index contributed by atoms with van der Waals surface area (Å²) in [6.07, 6.45) is 4.93. The summed E-state index contributed by atoms with van der Waals surface area (Å²) in [4.78, 5) is 21.1. The van der Waals surface area contributed by atoms with Crippen LogP contribution in [0.4, 0.5) is 10.6 Å². The van der Waals surface area contributed by atoms with E-state index in [4.69, 9.17) is 14.5 Å². The van der Waals surface area contributed by atoms with E-state index in [1.54, 1.807) is 18.0 Å². The molecule has 3 N–H and O–H groups in total. The van der Waals surface area contributed by atoms with E-state index in [0.717, 1.165) is 48.1 Å². The van der Waals surface area contributed by atoms with Crippen molar-refractivity contribution >= 4 is 28.6 Å². The second kappa shape index (κ2) is 9.19. The van der Waals surface area contributed by atoms with Gasteiger partial charge in [-0.25, -0.2) is 20.2 Å². The SMILES string of the molecule is COCc1nn(C)c2c(N=C3CC([C@H]4CC[C@@H](OC(=O)NC(C)C)C4)NN3)nccc12. The van der Waals surface area contributed by atoms with E-state index in [1.165, 1.54) is 0 Å². The van der Waals surface area contributed by atoms with Crippen LogP contribution < -0.4 is 16.2 Å². The Hall–Kier alpha value is -2.72. The van der Waals surface area contributed by atoms with Crippen LogP contribution in [-0.4, -0.2) is 52.0 Å². The lowest BCUT2D eigenvalue weighted by Crippen LogP contribution is -2.36. The van der Waals surface area contributed by atoms with Gasteiger partial charge in [-0.05, 0) is 45.1 Å². The molecule has 2 aromatic heterocycles. The molecule has 2 aliphatic rings. The first-order valence-electron chi connectivity index (χ1n) is 10.8. The number of amidine groups is 1. The van der Waals surface area contributed by atoms with Gasteiger partial charge >= 0.3 is 6.09 Å². The highest BCUT2D eigenvalue weighted by molar-refractivity contribution is 5.94. The van der Waals surface area contributed by atoms with Crippen molar-refractivity contribution in [3.05, 3.63) is 18.0 Å². The molecule has 1 saturated heterocycles. The van der Waals surface area contributed by atoms with Crippen LogP contribution in [0.25, 0.3) is 10.9 Å². The Morgan fingerprint density at radius 3 is 3.03 bits per heavy atom. The van der Waals surface area contributed by atoms with E-state index in [-0.39, 0.29) is 24.3 Å². The number of hydrazine groups is 1. The first-order valence-corrected chi connectivity index (χ1v) is 10.8. The van der Waals surface area contributed by atoms with Crippen LogP contribution in [0.3, 0.4) is 0 Å². The van der Waals surface area contributed by atoms with Crippen molar-refractivity contribution in [3.63, 3.8) is 0 Å². The maximum Gasteiger partial charge on any atom is 0.407 e. The maximum absolute atomic E-state index is 11.9. The molecular weight excluding hydrogens is 398 g/mol. The molecule has 168 valence electrons. The molecule has 3 atom stereocenters. The highest BCUT2D eigenvalue weighted by Crippen LogP contribution is 2.33. The lowest BCUT2D eigenvalue weighted by Gasteiger charge is -2.18. The third-order valence-electron chi connectivity index (χ3n) is 5.82. The number of fused-ring (bicyclic) bond motifs is 1. The standard InChI is InChI=1S/C21H31N7O3/c1-12(2)23-21(29)31-14-6-5-13(9-14)16-10-18(26-25-16)24-20-19-15(7-8-22-20)17(11-30-4)27-28(19)3/h7-8,12-14,16,25H,5-6,9-11H2,1-4H3,(H,23,29)(H,22,24,26)/t13-,14+,16?/m0/s1. The smallest absolute Gasteiger partial charge is 0.407 e. The molecule has 10 heteroatoms. The molecule has 4 rings (SSSR count). The lowest BCUT2D eigenvalue weighted by atomic mass is 9.96. The minimum atomic E-state index is -0.330. The number of aryl methyl sites for hydroxylation is 1. The summed E-state index contributed by atoms with van der Waals surface area (Å²) in [5.41, 5.74) is 8.33. The average Bonchev–Trinajstić information content (AvgIpc) is 3.42. The largest absolute Gasteiger partial charge is 0.446 e. The molecule has 1 unspecified atom stereocenters. The summed E-state index contributed by atoms with van der Waals surface area (Å²) in [7, 11) is 3.55. The van der Waals surface area contributed by atoms with Crippen LogP contribution in [0.15, 0.2) is 17.3 Å². The zero-order chi connectivity index (χ0) is 22.0. The van der Waals surface area contributed by atoms with Gasteiger partial charge in [0.1, 0.15) is 17.5 Å². The van der Waals surface area contributed by atoms with Gasteiger partial charge in [0, 0.05) is 44.2 Å². The molecule has 0 bridgehead atoms. The summed E-state index contributed by atoms with van der Waals surface area (Å²) in [6, 6.07) is 2.26. The van der Waals surface area contributed by atoms with Crippen LogP contribution in [0.2, 0.25) is 0 Å². The zero-order valence-electron chi connectivity index (χ0n) is 18.5. The Morgan fingerprint density at radius 2 is 2.26 bits per heavy atom. The predicted octanol–water partition coefficient (Wildman–Crippen LogP) is 2.31. The van der Waals surface area contributed by atoms with E-state index in [0.29, 0.717) is 18.3 Å². The Bertz CT molecular complexity index is 971. The monoisotopic (exact) mass is 429 g/mol. The number of carbonyl (C=O) groups excluding carboxylic acids is 1. The number of pyridine rings is 1. The van der Waals surface area contributed by atoms with Crippen LogP contribution in [0, 0.1) is 5.92 Å². The number of methoxy groups -OCH3 is 1. The summed E-state index contributed by atoms with van der Waals surface area (Å²) in [5.74, 6) is 1.91. The maximum atomic E-state index is 11.9. The fourth-order valence-electron chi connectivity index (χ4n) is 4.44. The number of aromatic nitrogens is 3. The van der Waals surface area contributed by atoms with Crippen LogP contribution in [0.1, 0.15) is 45.2 Å². The Labute approximate surface area is 181 Å². The van der Waals surface area contributed by atoms with Gasteiger partial charge in [0.2, 0.25) is 0 Å². The zero-order valence-corrected chi connectivity index (χ0v) is 18.5. The van der Waals surface area contributed by atoms with Gasteiger partial charge in [0.25, 0.3) is 0 Å². The number of nitrogens with zero attached hydrogens (tertiary/aromatic N) is 4. The molecule has 1 aliphatic carbocycles. The van der Waals surface area contributed by atoms with Crippen molar-refractivity contribution in [1.82, 2.24) is 30.9 Å². The molecule has 0 aromatic carbocycles. The van der Waals surface area contributed by atoms with Crippen LogP contribution in [-0.2, 0) is 23.1 Å². The van der Waals surface area contributed by atoms with Gasteiger partial charge in [0.15, 0.2) is 5.82 Å². The number of rotatable bonds is 6. The fourth-order valence-corrected chi connectivity index (χ4v) is 4.44. The predicted molar refractivity (Wildman–Crippen MR) is 117 cm³/mol. The summed E-state index contributed by atoms with van der Waals surface area (Å²) >= 11 is 0. The van der Waals surface area contributed by atoms with Crippen molar-refractivity contribution in [2.45, 2.75) is 64.3 Å². The first kappa shape index (κ1) is 21.5. The topological polar surface area (TPSA) is 115 Å². The molecule has 0 radical (unpaired) electrons. The third-order valence-corrected chi connectivity index (χ3v) is 5.82. The number of alkyl carbamates (subject to hydrolysis) is 1. The molecule has 1 amide bonds. The van der Waals surface area contributed by atoms with Crippen molar-refractivity contribution < 1.29 is 14.3 Å². The second-order valence-electron chi connectivity index (χ2n) is 8.57. The Morgan fingerprint density at radius 1 is 1.42 bits per heavy atom. The minimum absolute atomic E-state index is 0.0319. The number of amides is 1. The van der Waals surface area contributed by atoms with Gasteiger partial charge in [-0.15, -0.1) is 0 Å². The van der Waals surface area contributed by atoms with Gasteiger partial charge in [0.05, 0.1) is 12.3 Å². The Balaban J connectivity index is 1.41. The number of carbonyl (C=O) groups is 1. The number of hydrogen-bond donors (Lipinski definition) is 3. The van der Waals surface area contributed by atoms with Crippen LogP contribution >= 0.6 is 0 Å².